The van der Waals surface area contributed by atoms with Crippen molar-refractivity contribution in [3.8, 4) is 5.69 Å². The molecule has 2 amide bonds. The monoisotopic (exact) mass is 261 g/mol. The zero-order chi connectivity index (χ0) is 13.1. The Balaban J connectivity index is 2.56. The molecule has 0 aliphatic rings. The molecule has 94 valence electrons. The molecule has 0 atom stereocenters. The Morgan fingerprint density at radius 2 is 1.94 bits per heavy atom. The number of nitrogens with zero attached hydrogens (tertiary/aromatic N) is 3. The number of carbonyl (C=O) groups is 1. The Morgan fingerprint density at radius 1 is 1.28 bits per heavy atom. The van der Waals surface area contributed by atoms with Crippen molar-refractivity contribution in [3.63, 3.8) is 0 Å². The second kappa shape index (κ2) is 5.18. The molecule has 0 spiro atoms. The van der Waals surface area contributed by atoms with Gasteiger partial charge in [0.1, 0.15) is 0 Å². The third kappa shape index (κ3) is 2.51. The highest BCUT2D eigenvalue weighted by Crippen LogP contribution is 2.10. The predicted molar refractivity (Wildman–Crippen MR) is 73.0 cm³/mol. The number of benzene rings is 1. The highest BCUT2D eigenvalue weighted by atomic mass is 32.1. The van der Waals surface area contributed by atoms with Crippen LogP contribution in [0.25, 0.3) is 5.69 Å². The summed E-state index contributed by atoms with van der Waals surface area (Å²) in [6.45, 7) is 2.00. The van der Waals surface area contributed by atoms with Crippen molar-refractivity contribution in [1.82, 2.24) is 9.47 Å². The van der Waals surface area contributed by atoms with Crippen molar-refractivity contribution in [2.45, 2.75) is 6.92 Å². The topological polar surface area (TPSA) is 37.6 Å². The van der Waals surface area contributed by atoms with Crippen LogP contribution in [0.4, 0.5) is 4.79 Å². The standard InChI is InChI=1S/C13H15N3OS/c1-10-9-18-13(14-12(17)15(2)3)16(10)11-7-5-4-6-8-11/h4-9H,1-3H3. The fourth-order valence-electron chi connectivity index (χ4n) is 1.54. The summed E-state index contributed by atoms with van der Waals surface area (Å²) in [6, 6.07) is 9.65. The zero-order valence-corrected chi connectivity index (χ0v) is 11.4. The largest absolute Gasteiger partial charge is 0.345 e. The van der Waals surface area contributed by atoms with Crippen LogP contribution in [0.1, 0.15) is 5.69 Å². The summed E-state index contributed by atoms with van der Waals surface area (Å²) in [5.41, 5.74) is 2.08. The molecule has 0 radical (unpaired) electrons. The number of hydrogen-bond acceptors (Lipinski definition) is 2. The lowest BCUT2D eigenvalue weighted by Crippen LogP contribution is -2.23. The first kappa shape index (κ1) is 12.6. The van der Waals surface area contributed by atoms with Crippen molar-refractivity contribution >= 4 is 17.4 Å². The van der Waals surface area contributed by atoms with Crippen LogP contribution >= 0.6 is 11.3 Å². The Bertz CT molecular complexity index is 611. The first-order chi connectivity index (χ1) is 8.59. The Hall–Kier alpha value is -1.88. The molecule has 1 heterocycles. The second-order valence-corrected chi connectivity index (χ2v) is 4.96. The van der Waals surface area contributed by atoms with Gasteiger partial charge in [-0.1, -0.05) is 18.2 Å². The maximum absolute atomic E-state index is 11.7. The zero-order valence-electron chi connectivity index (χ0n) is 10.6. The third-order valence-electron chi connectivity index (χ3n) is 2.47. The van der Waals surface area contributed by atoms with E-state index >= 15 is 0 Å². The minimum absolute atomic E-state index is 0.249. The smallest absolute Gasteiger partial charge is 0.329 e. The molecule has 0 aliphatic heterocycles. The SMILES string of the molecule is Cc1csc(=NC(=O)N(C)C)n1-c1ccccc1. The number of thiazole rings is 1. The molecule has 0 bridgehead atoms. The van der Waals surface area contributed by atoms with Crippen LogP contribution in [-0.2, 0) is 0 Å². The summed E-state index contributed by atoms with van der Waals surface area (Å²) in [6.07, 6.45) is 0. The van der Waals surface area contributed by atoms with E-state index in [2.05, 4.69) is 4.99 Å². The number of hydrogen-bond donors (Lipinski definition) is 0. The molecule has 18 heavy (non-hydrogen) atoms. The summed E-state index contributed by atoms with van der Waals surface area (Å²) < 4.78 is 1.98. The Morgan fingerprint density at radius 3 is 2.56 bits per heavy atom. The van der Waals surface area contributed by atoms with Crippen molar-refractivity contribution in [3.05, 3.63) is 46.2 Å². The average Bonchev–Trinajstić information content (AvgIpc) is 2.71. The predicted octanol–water partition coefficient (Wildman–Crippen LogP) is 2.43. The summed E-state index contributed by atoms with van der Waals surface area (Å²) in [5.74, 6) is 0. The highest BCUT2D eigenvalue weighted by Gasteiger charge is 2.06. The summed E-state index contributed by atoms with van der Waals surface area (Å²) in [4.78, 5) is 17.9. The van der Waals surface area contributed by atoms with Gasteiger partial charge in [-0.3, -0.25) is 4.57 Å². The van der Waals surface area contributed by atoms with Gasteiger partial charge in [-0.15, -0.1) is 11.3 Å². The number of aromatic nitrogens is 1. The Labute approximate surface area is 110 Å². The molecular formula is C13H15N3OS. The highest BCUT2D eigenvalue weighted by molar-refractivity contribution is 7.07. The van der Waals surface area contributed by atoms with Crippen LogP contribution in [-0.4, -0.2) is 29.6 Å². The molecule has 1 aromatic carbocycles. The van der Waals surface area contributed by atoms with Crippen molar-refractivity contribution < 1.29 is 4.79 Å². The van der Waals surface area contributed by atoms with Gasteiger partial charge in [0.2, 0.25) is 0 Å². The molecule has 0 N–H and O–H groups in total. The third-order valence-corrected chi connectivity index (χ3v) is 3.41. The van der Waals surface area contributed by atoms with E-state index in [1.54, 1.807) is 14.1 Å². The van der Waals surface area contributed by atoms with Crippen LogP contribution in [0.2, 0.25) is 0 Å². The first-order valence-electron chi connectivity index (χ1n) is 5.58. The molecule has 2 aromatic rings. The molecule has 0 saturated carbocycles. The molecule has 0 saturated heterocycles. The van der Waals surface area contributed by atoms with Crippen LogP contribution in [0.5, 0.6) is 0 Å². The second-order valence-electron chi connectivity index (χ2n) is 4.12. The lowest BCUT2D eigenvalue weighted by molar-refractivity contribution is 0.226. The summed E-state index contributed by atoms with van der Waals surface area (Å²) in [7, 11) is 3.39. The van der Waals surface area contributed by atoms with Gasteiger partial charge >= 0.3 is 6.03 Å². The van der Waals surface area contributed by atoms with E-state index in [9.17, 15) is 4.79 Å². The molecule has 0 unspecified atom stereocenters. The normalized spacial score (nSPS) is 11.6. The minimum Gasteiger partial charge on any atom is -0.329 e. The quantitative estimate of drug-likeness (QED) is 0.777. The van der Waals surface area contributed by atoms with E-state index in [0.717, 1.165) is 11.4 Å². The van der Waals surface area contributed by atoms with E-state index in [4.69, 9.17) is 0 Å². The number of para-hydroxylation sites is 1. The van der Waals surface area contributed by atoms with Crippen molar-refractivity contribution in [2.24, 2.45) is 4.99 Å². The van der Waals surface area contributed by atoms with Crippen LogP contribution in [0, 0.1) is 6.92 Å². The van der Waals surface area contributed by atoms with Crippen LogP contribution in [0.15, 0.2) is 40.7 Å². The van der Waals surface area contributed by atoms with Crippen molar-refractivity contribution in [1.29, 1.82) is 0 Å². The van der Waals surface area contributed by atoms with E-state index in [0.29, 0.717) is 4.80 Å². The first-order valence-corrected chi connectivity index (χ1v) is 6.46. The van der Waals surface area contributed by atoms with Gasteiger partial charge in [-0.25, -0.2) is 4.79 Å². The molecule has 0 fully saturated rings. The molecule has 1 aromatic heterocycles. The number of rotatable bonds is 1. The van der Waals surface area contributed by atoms with Gasteiger partial charge in [-0.05, 0) is 19.1 Å². The van der Waals surface area contributed by atoms with Gasteiger partial charge in [0, 0.05) is 30.9 Å². The summed E-state index contributed by atoms with van der Waals surface area (Å²) >= 11 is 1.47. The van der Waals surface area contributed by atoms with Gasteiger partial charge < -0.3 is 4.90 Å². The minimum atomic E-state index is -0.249. The molecule has 4 nitrogen and oxygen atoms in total. The number of urea groups is 1. The van der Waals surface area contributed by atoms with E-state index in [1.165, 1.54) is 16.2 Å². The van der Waals surface area contributed by atoms with E-state index in [-0.39, 0.29) is 6.03 Å². The number of amides is 2. The maximum Gasteiger partial charge on any atom is 0.345 e. The molecule has 5 heteroatoms. The van der Waals surface area contributed by atoms with E-state index < -0.39 is 0 Å². The average molecular weight is 261 g/mol. The fraction of sp³-hybridized carbons (Fsp3) is 0.231. The number of aryl methyl sites for hydroxylation is 1. The molecular weight excluding hydrogens is 246 g/mol. The van der Waals surface area contributed by atoms with Gasteiger partial charge in [0.05, 0.1) is 0 Å². The lowest BCUT2D eigenvalue weighted by atomic mass is 10.3. The maximum atomic E-state index is 11.7. The van der Waals surface area contributed by atoms with Crippen LogP contribution < -0.4 is 4.80 Å². The van der Waals surface area contributed by atoms with Gasteiger partial charge in [-0.2, -0.15) is 4.99 Å². The molecule has 2 rings (SSSR count). The molecule has 0 aliphatic carbocycles. The Kier molecular flexibility index (Phi) is 3.62. The van der Waals surface area contributed by atoms with E-state index in [1.807, 2.05) is 47.2 Å². The lowest BCUT2D eigenvalue weighted by Gasteiger charge is -2.07. The summed E-state index contributed by atoms with van der Waals surface area (Å²) in [5, 5.41) is 1.99. The van der Waals surface area contributed by atoms with Crippen molar-refractivity contribution in [2.75, 3.05) is 14.1 Å². The van der Waals surface area contributed by atoms with Gasteiger partial charge in [0.15, 0.2) is 4.80 Å². The number of carbonyl (C=O) groups excluding carboxylic acids is 1. The van der Waals surface area contributed by atoms with Gasteiger partial charge in [0.25, 0.3) is 0 Å². The fourth-order valence-corrected chi connectivity index (χ4v) is 2.41. The van der Waals surface area contributed by atoms with Crippen LogP contribution in [0.3, 0.4) is 0 Å².